The molecule has 0 spiro atoms. The van der Waals surface area contributed by atoms with E-state index >= 15 is 0 Å². The highest BCUT2D eigenvalue weighted by atomic mass is 16.6. The molecular formula is C10H16N4O4. The lowest BCUT2D eigenvalue weighted by Crippen LogP contribution is -2.21. The molecule has 1 aromatic rings. The lowest BCUT2D eigenvalue weighted by atomic mass is 10.2. The second kappa shape index (κ2) is 5.48. The molecule has 0 aliphatic heterocycles. The van der Waals surface area contributed by atoms with Gasteiger partial charge in [-0.3, -0.25) is 14.9 Å². The molecule has 0 bridgehead atoms. The van der Waals surface area contributed by atoms with Crippen LogP contribution >= 0.6 is 0 Å². The van der Waals surface area contributed by atoms with Crippen LogP contribution in [0.5, 0.6) is 0 Å². The molecule has 0 aliphatic carbocycles. The molecule has 8 nitrogen and oxygen atoms in total. The number of rotatable bonds is 6. The van der Waals surface area contributed by atoms with E-state index in [2.05, 4.69) is 10.4 Å². The zero-order valence-corrected chi connectivity index (χ0v) is 10.5. The molecule has 1 aromatic heterocycles. The van der Waals surface area contributed by atoms with Crippen molar-refractivity contribution in [2.75, 3.05) is 5.32 Å². The van der Waals surface area contributed by atoms with Crippen LogP contribution in [0.15, 0.2) is 0 Å². The highest BCUT2D eigenvalue weighted by molar-refractivity contribution is 5.69. The molecule has 8 heteroatoms. The van der Waals surface area contributed by atoms with Crippen LogP contribution in [0.2, 0.25) is 0 Å². The molecule has 1 unspecified atom stereocenters. The molecule has 0 amide bonds. The van der Waals surface area contributed by atoms with Crippen LogP contribution in [0, 0.1) is 17.0 Å². The van der Waals surface area contributed by atoms with Gasteiger partial charge in [0.15, 0.2) is 0 Å². The third-order valence-corrected chi connectivity index (χ3v) is 2.44. The number of carboxylic acid groups (broad SMARTS) is 1. The van der Waals surface area contributed by atoms with Crippen molar-refractivity contribution in [1.29, 1.82) is 0 Å². The molecule has 0 aliphatic rings. The summed E-state index contributed by atoms with van der Waals surface area (Å²) in [5, 5.41) is 26.5. The van der Waals surface area contributed by atoms with Crippen molar-refractivity contribution in [1.82, 2.24) is 9.78 Å². The van der Waals surface area contributed by atoms with Crippen LogP contribution in [-0.2, 0) is 11.3 Å². The number of nitro groups is 1. The van der Waals surface area contributed by atoms with Crippen LogP contribution in [0.4, 0.5) is 11.5 Å². The average molecular weight is 256 g/mol. The predicted molar refractivity (Wildman–Crippen MR) is 64.6 cm³/mol. The summed E-state index contributed by atoms with van der Waals surface area (Å²) < 4.78 is 1.46. The van der Waals surface area contributed by atoms with E-state index in [4.69, 9.17) is 5.11 Å². The standard InChI is InChI=1S/C10H16N4O4/c1-4-13-10(11-6(2)5-8(15)16)9(14(17)18)7(3)12-13/h6,11H,4-5H2,1-3H3,(H,15,16). The first-order chi connectivity index (χ1) is 8.36. The molecule has 100 valence electrons. The Morgan fingerprint density at radius 1 is 1.67 bits per heavy atom. The predicted octanol–water partition coefficient (Wildman–Crippen LogP) is 1.39. The van der Waals surface area contributed by atoms with Crippen molar-refractivity contribution >= 4 is 17.5 Å². The van der Waals surface area contributed by atoms with E-state index in [0.717, 1.165) is 0 Å². The lowest BCUT2D eigenvalue weighted by Gasteiger charge is -2.13. The lowest BCUT2D eigenvalue weighted by molar-refractivity contribution is -0.384. The van der Waals surface area contributed by atoms with Crippen LogP contribution in [0.1, 0.15) is 26.0 Å². The van der Waals surface area contributed by atoms with Gasteiger partial charge in [-0.1, -0.05) is 0 Å². The number of aromatic nitrogens is 2. The van der Waals surface area contributed by atoms with E-state index < -0.39 is 16.9 Å². The van der Waals surface area contributed by atoms with Crippen molar-refractivity contribution in [3.05, 3.63) is 15.8 Å². The second-order valence-electron chi connectivity index (χ2n) is 4.00. The SMILES string of the molecule is CCn1nc(C)c([N+](=O)[O-])c1NC(C)CC(=O)O. The Hall–Kier alpha value is -2.12. The van der Waals surface area contributed by atoms with Crippen LogP contribution in [0.3, 0.4) is 0 Å². The molecule has 1 atom stereocenters. The Kier molecular flexibility index (Phi) is 4.24. The number of aliphatic carboxylic acids is 1. The Bertz CT molecular complexity index is 469. The summed E-state index contributed by atoms with van der Waals surface area (Å²) in [5.41, 5.74) is 0.209. The number of carboxylic acids is 1. The number of nitrogens with one attached hydrogen (secondary N) is 1. The fraction of sp³-hybridized carbons (Fsp3) is 0.600. The second-order valence-corrected chi connectivity index (χ2v) is 4.00. The Balaban J connectivity index is 3.05. The first kappa shape index (κ1) is 13.9. The number of aryl methyl sites for hydroxylation is 2. The Labute approximate surface area is 104 Å². The van der Waals surface area contributed by atoms with E-state index in [1.807, 2.05) is 6.92 Å². The van der Waals surface area contributed by atoms with E-state index in [1.165, 1.54) is 4.68 Å². The number of hydrogen-bond donors (Lipinski definition) is 2. The van der Waals surface area contributed by atoms with Gasteiger partial charge < -0.3 is 10.4 Å². The number of nitrogens with zero attached hydrogens (tertiary/aromatic N) is 3. The number of hydrogen-bond acceptors (Lipinski definition) is 5. The minimum Gasteiger partial charge on any atom is -0.481 e. The quantitative estimate of drug-likeness (QED) is 0.587. The minimum atomic E-state index is -0.961. The summed E-state index contributed by atoms with van der Waals surface area (Å²) in [6.45, 7) is 5.48. The fourth-order valence-electron chi connectivity index (χ4n) is 1.71. The van der Waals surface area contributed by atoms with Crippen molar-refractivity contribution in [3.8, 4) is 0 Å². The summed E-state index contributed by atoms with van der Waals surface area (Å²) in [7, 11) is 0. The molecule has 2 N–H and O–H groups in total. The van der Waals surface area contributed by atoms with Gasteiger partial charge in [0.2, 0.25) is 5.82 Å². The topological polar surface area (TPSA) is 110 Å². The zero-order chi connectivity index (χ0) is 13.9. The van der Waals surface area contributed by atoms with Crippen molar-refractivity contribution in [2.45, 2.75) is 39.8 Å². The monoisotopic (exact) mass is 256 g/mol. The molecule has 1 heterocycles. The average Bonchev–Trinajstić information content (AvgIpc) is 2.53. The smallest absolute Gasteiger partial charge is 0.333 e. The van der Waals surface area contributed by atoms with Crippen LogP contribution in [0.25, 0.3) is 0 Å². The first-order valence-corrected chi connectivity index (χ1v) is 5.56. The van der Waals surface area contributed by atoms with Gasteiger partial charge in [0.05, 0.1) is 11.3 Å². The summed E-state index contributed by atoms with van der Waals surface area (Å²) in [4.78, 5) is 21.0. The van der Waals surface area contributed by atoms with E-state index in [0.29, 0.717) is 12.2 Å². The number of carbonyl (C=O) groups is 1. The first-order valence-electron chi connectivity index (χ1n) is 5.56. The molecule has 1 rings (SSSR count). The van der Waals surface area contributed by atoms with E-state index in [9.17, 15) is 14.9 Å². The Morgan fingerprint density at radius 3 is 2.72 bits per heavy atom. The maximum Gasteiger partial charge on any atom is 0.333 e. The van der Waals surface area contributed by atoms with E-state index in [-0.39, 0.29) is 17.9 Å². The maximum absolute atomic E-state index is 11.0. The third kappa shape index (κ3) is 2.96. The van der Waals surface area contributed by atoms with Gasteiger partial charge in [0, 0.05) is 12.6 Å². The van der Waals surface area contributed by atoms with E-state index in [1.54, 1.807) is 13.8 Å². The van der Waals surface area contributed by atoms with Crippen LogP contribution in [-0.4, -0.2) is 31.8 Å². The molecule has 0 fully saturated rings. The molecule has 0 radical (unpaired) electrons. The third-order valence-electron chi connectivity index (χ3n) is 2.44. The summed E-state index contributed by atoms with van der Waals surface area (Å²) >= 11 is 0. The van der Waals surface area contributed by atoms with Gasteiger partial charge >= 0.3 is 11.7 Å². The maximum atomic E-state index is 11.0. The minimum absolute atomic E-state index is 0.103. The van der Waals surface area contributed by atoms with Gasteiger partial charge in [-0.05, 0) is 20.8 Å². The highest BCUT2D eigenvalue weighted by Gasteiger charge is 2.26. The fourth-order valence-corrected chi connectivity index (χ4v) is 1.71. The summed E-state index contributed by atoms with van der Waals surface area (Å²) in [5.74, 6) is -0.703. The zero-order valence-electron chi connectivity index (χ0n) is 10.5. The molecule has 18 heavy (non-hydrogen) atoms. The summed E-state index contributed by atoms with van der Waals surface area (Å²) in [6, 6.07) is -0.414. The van der Waals surface area contributed by atoms with Crippen LogP contribution < -0.4 is 5.32 Å². The van der Waals surface area contributed by atoms with Gasteiger partial charge in [0.1, 0.15) is 5.69 Å². The molecule has 0 saturated carbocycles. The number of anilines is 1. The molecule has 0 saturated heterocycles. The van der Waals surface area contributed by atoms with Crippen molar-refractivity contribution in [2.24, 2.45) is 0 Å². The largest absolute Gasteiger partial charge is 0.481 e. The molecular weight excluding hydrogens is 240 g/mol. The van der Waals surface area contributed by atoms with Gasteiger partial charge in [-0.25, -0.2) is 4.68 Å². The highest BCUT2D eigenvalue weighted by Crippen LogP contribution is 2.28. The molecule has 0 aromatic carbocycles. The van der Waals surface area contributed by atoms with Gasteiger partial charge in [-0.15, -0.1) is 0 Å². The normalized spacial score (nSPS) is 12.2. The van der Waals surface area contributed by atoms with Crippen molar-refractivity contribution in [3.63, 3.8) is 0 Å². The Morgan fingerprint density at radius 2 is 2.28 bits per heavy atom. The summed E-state index contributed by atoms with van der Waals surface area (Å²) in [6.07, 6.45) is -0.120. The van der Waals surface area contributed by atoms with Gasteiger partial charge in [0.25, 0.3) is 0 Å². The van der Waals surface area contributed by atoms with Gasteiger partial charge in [-0.2, -0.15) is 5.10 Å². The van der Waals surface area contributed by atoms with Crippen molar-refractivity contribution < 1.29 is 14.8 Å².